The van der Waals surface area contributed by atoms with E-state index in [1.165, 1.54) is 33.8 Å². The van der Waals surface area contributed by atoms with Gasteiger partial charge in [-0.2, -0.15) is 0 Å². The Morgan fingerprint density at radius 3 is 0.767 bits per heavy atom. The maximum Gasteiger partial charge on any atom is 0.178 e. The Kier molecular flexibility index (Phi) is 19.7. The Hall–Kier alpha value is -0.360. The van der Waals surface area contributed by atoms with Gasteiger partial charge >= 0.3 is 0 Å². The lowest BCUT2D eigenvalue weighted by Gasteiger charge is -1.92. The van der Waals surface area contributed by atoms with Crippen molar-refractivity contribution in [3.05, 3.63) is 88.8 Å². The van der Waals surface area contributed by atoms with Gasteiger partial charge in [0.15, 0.2) is 35.7 Å². The summed E-state index contributed by atoms with van der Waals surface area (Å²) in [4.78, 5) is 0. The predicted molar refractivity (Wildman–Crippen MR) is 111 cm³/mol. The minimum absolute atomic E-state index is 0. The Bertz CT molecular complexity index is 779. The second kappa shape index (κ2) is 17.2. The van der Waals surface area contributed by atoms with Gasteiger partial charge in [-0.25, -0.2) is 13.7 Å². The van der Waals surface area contributed by atoms with Crippen LogP contribution in [0.2, 0.25) is 0 Å². The quantitative estimate of drug-likeness (QED) is 0.161. The second-order valence-corrected chi connectivity index (χ2v) is 7.37. The molecule has 0 atom stereocenters. The van der Waals surface area contributed by atoms with Gasteiger partial charge in [-0.15, -0.1) is 0 Å². The van der Waals surface area contributed by atoms with Crippen LogP contribution in [-0.4, -0.2) is 0 Å². The molecule has 3 aromatic rings. The average molecular weight is 747 g/mol. The first-order valence-electron chi connectivity index (χ1n) is 9.39. The van der Waals surface area contributed by atoms with E-state index in [-0.39, 0.29) is 71.9 Å². The fourth-order valence-electron chi connectivity index (χ4n) is 2.48. The molecule has 0 fully saturated rings. The molecular formula is C24H36I3N3. The molecule has 0 amide bonds. The number of halogens is 3. The van der Waals surface area contributed by atoms with Crippen molar-refractivity contribution in [2.24, 2.45) is 21.1 Å². The zero-order valence-electron chi connectivity index (χ0n) is 19.7. The lowest BCUT2D eigenvalue weighted by Crippen LogP contribution is -3.00. The van der Waals surface area contributed by atoms with E-state index in [0.29, 0.717) is 0 Å². The highest BCUT2D eigenvalue weighted by Crippen LogP contribution is 1.95. The van der Waals surface area contributed by atoms with Crippen molar-refractivity contribution in [3.63, 3.8) is 0 Å². The lowest BCUT2D eigenvalue weighted by molar-refractivity contribution is -0.677. The van der Waals surface area contributed by atoms with Crippen LogP contribution in [0.5, 0.6) is 0 Å². The molecule has 3 aromatic heterocycles. The van der Waals surface area contributed by atoms with Crippen LogP contribution in [0.4, 0.5) is 0 Å². The van der Waals surface area contributed by atoms with Gasteiger partial charge < -0.3 is 71.9 Å². The number of pyridine rings is 3. The first-order chi connectivity index (χ1) is 12.6. The fourth-order valence-corrected chi connectivity index (χ4v) is 2.48. The van der Waals surface area contributed by atoms with E-state index in [1.54, 1.807) is 0 Å². The molecule has 168 valence electrons. The van der Waals surface area contributed by atoms with E-state index in [2.05, 4.69) is 131 Å². The average Bonchev–Trinajstić information content (AvgIpc) is 2.60. The molecule has 0 spiro atoms. The molecule has 30 heavy (non-hydrogen) atoms. The summed E-state index contributed by atoms with van der Waals surface area (Å²) >= 11 is 0. The fraction of sp³-hybridized carbons (Fsp3) is 0.375. The zero-order valence-corrected chi connectivity index (χ0v) is 26.1. The van der Waals surface area contributed by atoms with Gasteiger partial charge in [0.2, 0.25) is 0 Å². The summed E-state index contributed by atoms with van der Waals surface area (Å²) in [6.45, 7) is 12.6. The van der Waals surface area contributed by atoms with Crippen molar-refractivity contribution in [2.75, 3.05) is 0 Å². The number of aryl methyl sites for hydroxylation is 9. The van der Waals surface area contributed by atoms with Crippen molar-refractivity contribution in [1.29, 1.82) is 0 Å². The highest BCUT2D eigenvalue weighted by Gasteiger charge is 1.98. The highest BCUT2D eigenvalue weighted by atomic mass is 127. The molecule has 0 saturated carbocycles. The van der Waals surface area contributed by atoms with Crippen LogP contribution in [0, 0.1) is 41.5 Å². The van der Waals surface area contributed by atoms with E-state index in [1.807, 2.05) is 0 Å². The topological polar surface area (TPSA) is 11.6 Å². The Balaban J connectivity index is -0.000000347. The molecule has 0 radical (unpaired) electrons. The maximum absolute atomic E-state index is 2.17. The predicted octanol–water partition coefficient (Wildman–Crippen LogP) is -5.60. The largest absolute Gasteiger partial charge is 1.00 e. The van der Waals surface area contributed by atoms with Crippen LogP contribution < -0.4 is 85.6 Å². The van der Waals surface area contributed by atoms with Gasteiger partial charge in [0, 0.05) is 57.2 Å². The SMILES string of the molecule is Cc1cc[n+](C)c(C)c1.Cc1cc[n+](C)c(C)c1.Cc1cc[n+](C)c(C)c1.[I-].[I-].[I-]. The summed E-state index contributed by atoms with van der Waals surface area (Å²) < 4.78 is 6.31. The van der Waals surface area contributed by atoms with E-state index >= 15 is 0 Å². The minimum atomic E-state index is 0. The third kappa shape index (κ3) is 13.1. The molecule has 0 aliphatic carbocycles. The summed E-state index contributed by atoms with van der Waals surface area (Å²) in [6, 6.07) is 12.8. The molecule has 0 aliphatic rings. The standard InChI is InChI=1S/3C8H12N.3HI/c3*1-7-4-5-9(3)8(2)6-7;;;/h3*4-6H,1-3H3;3*1H/q3*+1;;;/p-3. The molecule has 0 aliphatic heterocycles. The van der Waals surface area contributed by atoms with E-state index < -0.39 is 0 Å². The number of nitrogens with zero attached hydrogens (tertiary/aromatic N) is 3. The van der Waals surface area contributed by atoms with Crippen LogP contribution >= 0.6 is 0 Å². The number of rotatable bonds is 0. The van der Waals surface area contributed by atoms with E-state index in [0.717, 1.165) is 0 Å². The van der Waals surface area contributed by atoms with Gasteiger partial charge in [-0.3, -0.25) is 0 Å². The number of aromatic nitrogens is 3. The first-order valence-corrected chi connectivity index (χ1v) is 9.39. The molecule has 6 heteroatoms. The zero-order chi connectivity index (χ0) is 20.6. The van der Waals surface area contributed by atoms with Gasteiger partial charge in [0.1, 0.15) is 21.1 Å². The summed E-state index contributed by atoms with van der Waals surface area (Å²) in [6.07, 6.45) is 6.22. The van der Waals surface area contributed by atoms with E-state index in [4.69, 9.17) is 0 Å². The van der Waals surface area contributed by atoms with Crippen molar-refractivity contribution >= 4 is 0 Å². The molecule has 3 heterocycles. The summed E-state index contributed by atoms with van der Waals surface area (Å²) in [5.41, 5.74) is 7.88. The number of hydrogen-bond acceptors (Lipinski definition) is 0. The molecular weight excluding hydrogens is 711 g/mol. The van der Waals surface area contributed by atoms with Gasteiger partial charge in [0.05, 0.1) is 0 Å². The van der Waals surface area contributed by atoms with Crippen molar-refractivity contribution < 1.29 is 85.6 Å². The maximum atomic E-state index is 2.17. The Labute approximate surface area is 235 Å². The molecule has 0 bridgehead atoms. The normalized spacial score (nSPS) is 8.70. The van der Waals surface area contributed by atoms with Gasteiger partial charge in [-0.1, -0.05) is 0 Å². The summed E-state index contributed by atoms with van der Waals surface area (Å²) in [5.74, 6) is 0. The van der Waals surface area contributed by atoms with Crippen molar-refractivity contribution in [1.82, 2.24) is 0 Å². The Morgan fingerprint density at radius 2 is 0.633 bits per heavy atom. The van der Waals surface area contributed by atoms with Crippen molar-refractivity contribution in [3.8, 4) is 0 Å². The van der Waals surface area contributed by atoms with Crippen LogP contribution in [0.1, 0.15) is 33.8 Å². The molecule has 0 aromatic carbocycles. The molecule has 3 nitrogen and oxygen atoms in total. The Morgan fingerprint density at radius 1 is 0.433 bits per heavy atom. The molecule has 0 saturated heterocycles. The first kappa shape index (κ1) is 34.3. The van der Waals surface area contributed by atoms with Gasteiger partial charge in [0.25, 0.3) is 0 Å². The molecule has 3 rings (SSSR count). The van der Waals surface area contributed by atoms with Crippen LogP contribution in [0.25, 0.3) is 0 Å². The number of hydrogen-bond donors (Lipinski definition) is 0. The van der Waals surface area contributed by atoms with Crippen LogP contribution in [0.15, 0.2) is 55.0 Å². The lowest BCUT2D eigenvalue weighted by atomic mass is 10.2. The van der Waals surface area contributed by atoms with Crippen LogP contribution in [-0.2, 0) is 21.1 Å². The summed E-state index contributed by atoms with van der Waals surface area (Å²) in [5, 5.41) is 0. The third-order valence-corrected chi connectivity index (χ3v) is 4.66. The minimum Gasteiger partial charge on any atom is -1.00 e. The van der Waals surface area contributed by atoms with Crippen molar-refractivity contribution in [2.45, 2.75) is 41.5 Å². The second-order valence-electron chi connectivity index (χ2n) is 7.37. The molecule has 0 unspecified atom stereocenters. The summed E-state index contributed by atoms with van der Waals surface area (Å²) in [7, 11) is 6.15. The molecule has 0 N–H and O–H groups in total. The third-order valence-electron chi connectivity index (χ3n) is 4.66. The highest BCUT2D eigenvalue weighted by molar-refractivity contribution is 5.09. The monoisotopic (exact) mass is 747 g/mol. The van der Waals surface area contributed by atoms with Crippen LogP contribution in [0.3, 0.4) is 0 Å². The van der Waals surface area contributed by atoms with Gasteiger partial charge in [-0.05, 0) is 37.5 Å². The smallest absolute Gasteiger partial charge is 0.178 e. The van der Waals surface area contributed by atoms with E-state index in [9.17, 15) is 0 Å².